The summed E-state index contributed by atoms with van der Waals surface area (Å²) in [6.45, 7) is 8.77. The van der Waals surface area contributed by atoms with Crippen LogP contribution in [0, 0.1) is 0 Å². The minimum Gasteiger partial charge on any atom is -0.463 e. The van der Waals surface area contributed by atoms with Gasteiger partial charge in [0.15, 0.2) is 0 Å². The van der Waals surface area contributed by atoms with E-state index < -0.39 is 0 Å². The molecule has 1 aromatic rings. The van der Waals surface area contributed by atoms with E-state index in [2.05, 4.69) is 35.7 Å². The van der Waals surface area contributed by atoms with Crippen molar-refractivity contribution in [2.45, 2.75) is 329 Å². The van der Waals surface area contributed by atoms with E-state index in [4.69, 9.17) is 14.2 Å². The summed E-state index contributed by atoms with van der Waals surface area (Å²) in [5, 5.41) is 0. The monoisotopic (exact) mass is 886 g/mol. The van der Waals surface area contributed by atoms with Crippen LogP contribution in [0.4, 0.5) is 0 Å². The van der Waals surface area contributed by atoms with Crippen LogP contribution >= 0.6 is 0 Å². The van der Waals surface area contributed by atoms with Crippen LogP contribution in [0.5, 0.6) is 18.0 Å². The maximum absolute atomic E-state index is 6.06. The number of unbranched alkanes of at least 4 members (excludes halogenated alkanes) is 45. The first-order valence-corrected chi connectivity index (χ1v) is 28.9. The Bertz CT molecular complexity index is 873. The van der Waals surface area contributed by atoms with Crippen LogP contribution in [-0.4, -0.2) is 34.8 Å². The molecule has 0 saturated heterocycles. The highest BCUT2D eigenvalue weighted by atomic mass is 16.5. The number of ether oxygens (including phenoxy) is 3. The topological polar surface area (TPSA) is 66.4 Å². The van der Waals surface area contributed by atoms with Gasteiger partial charge in [-0.25, -0.2) is 0 Å². The number of hydrogen-bond donors (Lipinski definition) is 0. The normalized spacial score (nSPS) is 11.5. The number of rotatable bonds is 54. The van der Waals surface area contributed by atoms with Crippen LogP contribution < -0.4 is 14.2 Å². The van der Waals surface area contributed by atoms with Gasteiger partial charge in [0.1, 0.15) is 0 Å². The Labute approximate surface area is 394 Å². The minimum absolute atomic E-state index is 0.343. The van der Waals surface area contributed by atoms with E-state index in [1.54, 1.807) is 0 Å². The largest absolute Gasteiger partial charge is 0.463 e. The van der Waals surface area contributed by atoms with Gasteiger partial charge in [0.2, 0.25) is 0 Å². The molecule has 0 unspecified atom stereocenters. The fourth-order valence-electron chi connectivity index (χ4n) is 8.95. The van der Waals surface area contributed by atoms with Crippen molar-refractivity contribution in [3.05, 3.63) is 0 Å². The van der Waals surface area contributed by atoms with Crippen molar-refractivity contribution in [3.63, 3.8) is 0 Å². The van der Waals surface area contributed by atoms with Gasteiger partial charge in [0.05, 0.1) is 19.8 Å². The molecular formula is C57H111N3O3. The Morgan fingerprint density at radius 2 is 0.317 bits per heavy atom. The Kier molecular flexibility index (Phi) is 48.5. The van der Waals surface area contributed by atoms with Crippen molar-refractivity contribution < 1.29 is 14.2 Å². The van der Waals surface area contributed by atoms with Crippen LogP contribution in [0.25, 0.3) is 0 Å². The van der Waals surface area contributed by atoms with Crippen LogP contribution in [0.15, 0.2) is 0 Å². The summed E-state index contributed by atoms with van der Waals surface area (Å²) in [6, 6.07) is 1.03. The molecular weight excluding hydrogens is 775 g/mol. The molecule has 0 saturated carbocycles. The quantitative estimate of drug-likeness (QED) is 0.0607. The van der Waals surface area contributed by atoms with Crippen LogP contribution in [0.3, 0.4) is 0 Å². The molecule has 0 amide bonds. The van der Waals surface area contributed by atoms with Gasteiger partial charge in [-0.2, -0.15) is 0 Å². The van der Waals surface area contributed by atoms with E-state index in [1.807, 2.05) is 0 Å². The summed E-state index contributed by atoms with van der Waals surface area (Å²) < 4.78 is 18.2. The van der Waals surface area contributed by atoms with E-state index in [1.165, 1.54) is 289 Å². The standard InChI is InChI=1S/C57H111N3O3/c1-4-7-10-13-16-19-22-25-28-31-34-37-40-43-46-49-52-61-55-58-56(62-53-50-47-44-41-38-35-32-29-26-23-20-17-14-11-8-5-2)60-57(59-55)63-54-51-48-45-42-39-36-33-30-27-24-21-18-15-12-9-6-3/h4-54H2,1-3H3. The van der Waals surface area contributed by atoms with E-state index in [9.17, 15) is 0 Å². The molecule has 63 heavy (non-hydrogen) atoms. The zero-order valence-corrected chi connectivity index (χ0v) is 43.1. The van der Waals surface area contributed by atoms with Gasteiger partial charge in [-0.1, -0.05) is 310 Å². The van der Waals surface area contributed by atoms with Crippen molar-refractivity contribution in [2.75, 3.05) is 19.8 Å². The van der Waals surface area contributed by atoms with E-state index in [0.717, 1.165) is 19.3 Å². The average Bonchev–Trinajstić information content (AvgIpc) is 3.29. The maximum Gasteiger partial charge on any atom is 0.325 e. The van der Waals surface area contributed by atoms with Crippen molar-refractivity contribution in [1.29, 1.82) is 0 Å². The Morgan fingerprint density at radius 1 is 0.190 bits per heavy atom. The molecule has 0 aliphatic carbocycles. The number of nitrogens with zero attached hydrogens (tertiary/aromatic N) is 3. The Hall–Kier alpha value is -1.59. The highest BCUT2D eigenvalue weighted by Crippen LogP contribution is 2.20. The predicted octanol–water partition coefficient (Wildman–Crippen LogP) is 19.8. The van der Waals surface area contributed by atoms with E-state index >= 15 is 0 Å². The van der Waals surface area contributed by atoms with Gasteiger partial charge >= 0.3 is 18.0 Å². The van der Waals surface area contributed by atoms with Crippen LogP contribution in [-0.2, 0) is 0 Å². The summed E-state index contributed by atoms with van der Waals surface area (Å²) in [7, 11) is 0. The van der Waals surface area contributed by atoms with Gasteiger partial charge in [-0.05, 0) is 19.3 Å². The van der Waals surface area contributed by atoms with Crippen LogP contribution in [0.2, 0.25) is 0 Å². The van der Waals surface area contributed by atoms with Gasteiger partial charge in [-0.15, -0.1) is 15.0 Å². The second-order valence-electron chi connectivity index (χ2n) is 19.6. The number of hydrogen-bond acceptors (Lipinski definition) is 6. The smallest absolute Gasteiger partial charge is 0.325 e. The molecule has 0 bridgehead atoms. The van der Waals surface area contributed by atoms with Gasteiger partial charge in [0, 0.05) is 0 Å². The lowest BCUT2D eigenvalue weighted by atomic mass is 10.0. The Morgan fingerprint density at radius 3 is 0.460 bits per heavy atom. The second-order valence-corrected chi connectivity index (χ2v) is 19.6. The predicted molar refractivity (Wildman–Crippen MR) is 275 cm³/mol. The zero-order valence-electron chi connectivity index (χ0n) is 43.1. The second kappa shape index (κ2) is 51.4. The lowest BCUT2D eigenvalue weighted by Gasteiger charge is -2.10. The van der Waals surface area contributed by atoms with Crippen LogP contribution in [0.1, 0.15) is 329 Å². The lowest BCUT2D eigenvalue weighted by Crippen LogP contribution is -2.09. The molecule has 0 N–H and O–H groups in total. The molecule has 0 spiro atoms. The molecule has 0 aliphatic rings. The minimum atomic E-state index is 0.343. The summed E-state index contributed by atoms with van der Waals surface area (Å²) in [5.74, 6) is 0. The highest BCUT2D eigenvalue weighted by molar-refractivity contribution is 5.09. The summed E-state index contributed by atoms with van der Waals surface area (Å²) in [4.78, 5) is 13.6. The third-order valence-electron chi connectivity index (χ3n) is 13.3. The maximum atomic E-state index is 6.06. The molecule has 6 heteroatoms. The van der Waals surface area contributed by atoms with Crippen molar-refractivity contribution in [2.24, 2.45) is 0 Å². The van der Waals surface area contributed by atoms with Crippen molar-refractivity contribution in [1.82, 2.24) is 15.0 Å². The zero-order chi connectivity index (χ0) is 45.0. The lowest BCUT2D eigenvalue weighted by molar-refractivity contribution is 0.227. The molecule has 0 aliphatic heterocycles. The first-order valence-electron chi connectivity index (χ1n) is 28.9. The summed E-state index contributed by atoms with van der Waals surface area (Å²) >= 11 is 0. The summed E-state index contributed by atoms with van der Waals surface area (Å²) in [5.41, 5.74) is 0. The highest BCUT2D eigenvalue weighted by Gasteiger charge is 2.11. The molecule has 1 aromatic heterocycles. The molecule has 6 nitrogen and oxygen atoms in total. The molecule has 0 aromatic carbocycles. The SMILES string of the molecule is CCCCCCCCCCCCCCCCCCOc1nc(OCCCCCCCCCCCCCCCCCC)nc(OCCCCCCCCCCCCCCCCCC)n1. The van der Waals surface area contributed by atoms with Crippen molar-refractivity contribution in [3.8, 4) is 18.0 Å². The summed E-state index contributed by atoms with van der Waals surface area (Å²) in [6.07, 6.45) is 65.4. The van der Waals surface area contributed by atoms with Crippen molar-refractivity contribution >= 4 is 0 Å². The van der Waals surface area contributed by atoms with E-state index in [0.29, 0.717) is 37.9 Å². The molecule has 0 fully saturated rings. The molecule has 1 rings (SSSR count). The fraction of sp³-hybridized carbons (Fsp3) is 0.947. The number of aromatic nitrogens is 3. The average molecular weight is 887 g/mol. The first kappa shape index (κ1) is 59.4. The van der Waals surface area contributed by atoms with Gasteiger partial charge in [0.25, 0.3) is 0 Å². The van der Waals surface area contributed by atoms with Gasteiger partial charge < -0.3 is 14.2 Å². The third kappa shape index (κ3) is 45.4. The first-order chi connectivity index (χ1) is 31.3. The molecule has 0 radical (unpaired) electrons. The molecule has 0 atom stereocenters. The fourth-order valence-corrected chi connectivity index (χ4v) is 8.95. The molecule has 1 heterocycles. The molecule has 372 valence electrons. The Balaban J connectivity index is 2.25. The third-order valence-corrected chi connectivity index (χ3v) is 13.3. The van der Waals surface area contributed by atoms with Gasteiger partial charge in [-0.3, -0.25) is 0 Å². The van der Waals surface area contributed by atoms with E-state index in [-0.39, 0.29) is 0 Å².